The third-order valence-corrected chi connectivity index (χ3v) is 2.25. The van der Waals surface area contributed by atoms with E-state index in [1.54, 1.807) is 19.0 Å². The first kappa shape index (κ1) is 12.6. The van der Waals surface area contributed by atoms with Crippen LogP contribution in [0.4, 0.5) is 0 Å². The minimum absolute atomic E-state index is 0.113. The van der Waals surface area contributed by atoms with Gasteiger partial charge in [0.25, 0.3) is 0 Å². The number of benzene rings is 1. The Morgan fingerprint density at radius 3 is 2.38 bits per heavy atom. The Hall–Kier alpha value is -1.51. The fourth-order valence-electron chi connectivity index (χ4n) is 1.26. The van der Waals surface area contributed by atoms with Crippen LogP contribution in [0.1, 0.15) is 18.9 Å². The quantitative estimate of drug-likeness (QED) is 0.762. The summed E-state index contributed by atoms with van der Waals surface area (Å²) >= 11 is 0. The fraction of sp³-hybridized carbons (Fsp3) is 0.462. The molecule has 0 aromatic heterocycles. The predicted octanol–water partition coefficient (Wildman–Crippen LogP) is 2.11. The highest BCUT2D eigenvalue weighted by atomic mass is 16.5. The molecule has 3 nitrogen and oxygen atoms in total. The van der Waals surface area contributed by atoms with Crippen molar-refractivity contribution in [1.82, 2.24) is 4.90 Å². The standard InChI is InChI=1S/C13H19NO2/c1-4-9-16-12-7-5-11(6-8-12)10-13(15)14(2)3/h5-8H,4,9-10H2,1-3H3. The molecule has 1 aromatic rings. The van der Waals surface area contributed by atoms with E-state index in [1.165, 1.54) is 0 Å². The minimum atomic E-state index is 0.113. The summed E-state index contributed by atoms with van der Waals surface area (Å²) in [7, 11) is 3.53. The molecule has 0 spiro atoms. The second-order valence-electron chi connectivity index (χ2n) is 3.96. The van der Waals surface area contributed by atoms with E-state index in [0.717, 1.165) is 24.3 Å². The van der Waals surface area contributed by atoms with Gasteiger partial charge in [-0.05, 0) is 24.1 Å². The van der Waals surface area contributed by atoms with Gasteiger partial charge in [0.15, 0.2) is 0 Å². The van der Waals surface area contributed by atoms with E-state index in [-0.39, 0.29) is 5.91 Å². The van der Waals surface area contributed by atoms with Crippen molar-refractivity contribution in [2.45, 2.75) is 19.8 Å². The Morgan fingerprint density at radius 2 is 1.88 bits per heavy atom. The average Bonchev–Trinajstić information content (AvgIpc) is 2.28. The first-order valence-corrected chi connectivity index (χ1v) is 5.55. The lowest BCUT2D eigenvalue weighted by molar-refractivity contribution is -0.127. The number of carbonyl (C=O) groups is 1. The number of amides is 1. The number of hydrogen-bond donors (Lipinski definition) is 0. The van der Waals surface area contributed by atoms with Crippen molar-refractivity contribution in [3.05, 3.63) is 29.8 Å². The number of hydrogen-bond acceptors (Lipinski definition) is 2. The molecule has 0 aliphatic rings. The monoisotopic (exact) mass is 221 g/mol. The Morgan fingerprint density at radius 1 is 1.25 bits per heavy atom. The van der Waals surface area contributed by atoms with E-state index < -0.39 is 0 Å². The zero-order valence-corrected chi connectivity index (χ0v) is 10.2. The van der Waals surface area contributed by atoms with E-state index in [2.05, 4.69) is 6.92 Å². The lowest BCUT2D eigenvalue weighted by Gasteiger charge is -2.10. The van der Waals surface area contributed by atoms with E-state index >= 15 is 0 Å². The van der Waals surface area contributed by atoms with Crippen LogP contribution >= 0.6 is 0 Å². The normalized spacial score (nSPS) is 9.94. The van der Waals surface area contributed by atoms with Crippen LogP contribution in [0.25, 0.3) is 0 Å². The molecule has 0 aliphatic carbocycles. The van der Waals surface area contributed by atoms with Crippen LogP contribution < -0.4 is 4.74 Å². The topological polar surface area (TPSA) is 29.5 Å². The van der Waals surface area contributed by atoms with E-state index in [4.69, 9.17) is 4.74 Å². The Balaban J connectivity index is 2.54. The molecule has 3 heteroatoms. The highest BCUT2D eigenvalue weighted by Crippen LogP contribution is 2.13. The first-order valence-electron chi connectivity index (χ1n) is 5.55. The lowest BCUT2D eigenvalue weighted by Crippen LogP contribution is -2.23. The van der Waals surface area contributed by atoms with E-state index in [0.29, 0.717) is 6.42 Å². The second kappa shape index (κ2) is 6.16. The van der Waals surface area contributed by atoms with Crippen molar-refractivity contribution in [1.29, 1.82) is 0 Å². The molecule has 1 aromatic carbocycles. The third kappa shape index (κ3) is 3.93. The third-order valence-electron chi connectivity index (χ3n) is 2.25. The Kier molecular flexibility index (Phi) is 4.83. The van der Waals surface area contributed by atoms with Gasteiger partial charge in [0.1, 0.15) is 5.75 Å². The molecule has 0 radical (unpaired) electrons. The van der Waals surface area contributed by atoms with E-state index in [9.17, 15) is 4.79 Å². The highest BCUT2D eigenvalue weighted by molar-refractivity contribution is 5.78. The summed E-state index contributed by atoms with van der Waals surface area (Å²) in [6, 6.07) is 7.70. The molecule has 16 heavy (non-hydrogen) atoms. The average molecular weight is 221 g/mol. The van der Waals surface area contributed by atoms with Gasteiger partial charge in [-0.1, -0.05) is 19.1 Å². The van der Waals surface area contributed by atoms with Crippen LogP contribution in [-0.4, -0.2) is 31.5 Å². The van der Waals surface area contributed by atoms with Crippen molar-refractivity contribution in [2.75, 3.05) is 20.7 Å². The van der Waals surface area contributed by atoms with Gasteiger partial charge in [0.05, 0.1) is 13.0 Å². The Bertz CT molecular complexity index is 330. The van der Waals surface area contributed by atoms with Gasteiger partial charge in [-0.25, -0.2) is 0 Å². The van der Waals surface area contributed by atoms with Gasteiger partial charge >= 0.3 is 0 Å². The SMILES string of the molecule is CCCOc1ccc(CC(=O)N(C)C)cc1. The summed E-state index contributed by atoms with van der Waals surface area (Å²) in [6.07, 6.45) is 1.45. The molecule has 0 unspecified atom stereocenters. The summed E-state index contributed by atoms with van der Waals surface area (Å²) in [5, 5.41) is 0. The van der Waals surface area contributed by atoms with Gasteiger partial charge in [0, 0.05) is 14.1 Å². The lowest BCUT2D eigenvalue weighted by atomic mass is 10.1. The summed E-state index contributed by atoms with van der Waals surface area (Å²) in [4.78, 5) is 13.1. The summed E-state index contributed by atoms with van der Waals surface area (Å²) < 4.78 is 5.47. The first-order chi connectivity index (χ1) is 7.63. The van der Waals surface area contributed by atoms with Crippen molar-refractivity contribution in [3.63, 3.8) is 0 Å². The van der Waals surface area contributed by atoms with Gasteiger partial charge in [0.2, 0.25) is 5.91 Å². The highest BCUT2D eigenvalue weighted by Gasteiger charge is 2.05. The van der Waals surface area contributed by atoms with Crippen LogP contribution in [0.5, 0.6) is 5.75 Å². The Labute approximate surface area is 97.0 Å². The largest absolute Gasteiger partial charge is 0.494 e. The molecule has 0 bridgehead atoms. The molecule has 0 N–H and O–H groups in total. The zero-order chi connectivity index (χ0) is 12.0. The fourth-order valence-corrected chi connectivity index (χ4v) is 1.26. The minimum Gasteiger partial charge on any atom is -0.494 e. The van der Waals surface area contributed by atoms with Gasteiger partial charge in [-0.2, -0.15) is 0 Å². The molecule has 1 rings (SSSR count). The molecule has 0 saturated heterocycles. The molecule has 1 amide bonds. The molecule has 88 valence electrons. The zero-order valence-electron chi connectivity index (χ0n) is 10.2. The number of likely N-dealkylation sites (N-methyl/N-ethyl adjacent to an activating group) is 1. The molecule has 0 heterocycles. The maximum atomic E-state index is 11.5. The summed E-state index contributed by atoms with van der Waals surface area (Å²) in [5.41, 5.74) is 1.02. The second-order valence-corrected chi connectivity index (χ2v) is 3.96. The summed E-state index contributed by atoms with van der Waals surface area (Å²) in [5.74, 6) is 0.977. The summed E-state index contributed by atoms with van der Waals surface area (Å²) in [6.45, 7) is 2.81. The predicted molar refractivity (Wildman–Crippen MR) is 64.6 cm³/mol. The number of carbonyl (C=O) groups excluding carboxylic acids is 1. The molecule has 0 fully saturated rings. The van der Waals surface area contributed by atoms with Crippen LogP contribution in [-0.2, 0) is 11.2 Å². The number of rotatable bonds is 5. The van der Waals surface area contributed by atoms with Gasteiger partial charge < -0.3 is 9.64 Å². The van der Waals surface area contributed by atoms with Gasteiger partial charge in [-0.3, -0.25) is 4.79 Å². The maximum Gasteiger partial charge on any atom is 0.226 e. The molecule has 0 aliphatic heterocycles. The number of nitrogens with zero attached hydrogens (tertiary/aromatic N) is 1. The maximum absolute atomic E-state index is 11.5. The van der Waals surface area contributed by atoms with Crippen molar-refractivity contribution in [2.24, 2.45) is 0 Å². The van der Waals surface area contributed by atoms with Crippen LogP contribution in [0, 0.1) is 0 Å². The van der Waals surface area contributed by atoms with Crippen molar-refractivity contribution < 1.29 is 9.53 Å². The van der Waals surface area contributed by atoms with Crippen LogP contribution in [0.15, 0.2) is 24.3 Å². The van der Waals surface area contributed by atoms with E-state index in [1.807, 2.05) is 24.3 Å². The van der Waals surface area contributed by atoms with Crippen LogP contribution in [0.3, 0.4) is 0 Å². The molecular formula is C13H19NO2. The van der Waals surface area contributed by atoms with Crippen molar-refractivity contribution >= 4 is 5.91 Å². The molecular weight excluding hydrogens is 202 g/mol. The van der Waals surface area contributed by atoms with Gasteiger partial charge in [-0.15, -0.1) is 0 Å². The van der Waals surface area contributed by atoms with Crippen molar-refractivity contribution in [3.8, 4) is 5.75 Å². The molecule has 0 atom stereocenters. The number of ether oxygens (including phenoxy) is 1. The smallest absolute Gasteiger partial charge is 0.226 e. The molecule has 0 saturated carbocycles. The van der Waals surface area contributed by atoms with Crippen LogP contribution in [0.2, 0.25) is 0 Å².